The molecule has 0 unspecified atom stereocenters. The second kappa shape index (κ2) is 5.23. The lowest BCUT2D eigenvalue weighted by atomic mass is 10.4. The van der Waals surface area contributed by atoms with Crippen LogP contribution in [-0.4, -0.2) is 14.8 Å². The van der Waals surface area contributed by atoms with Crippen molar-refractivity contribution in [2.75, 3.05) is 0 Å². The highest BCUT2D eigenvalue weighted by Crippen LogP contribution is 2.12. The van der Waals surface area contributed by atoms with Gasteiger partial charge in [0.05, 0.1) is 10.7 Å². The van der Waals surface area contributed by atoms with Gasteiger partial charge in [0.2, 0.25) is 0 Å². The third-order valence-corrected chi connectivity index (χ3v) is 3.57. The summed E-state index contributed by atoms with van der Waals surface area (Å²) in [5, 5.41) is 8.72. The van der Waals surface area contributed by atoms with Gasteiger partial charge in [-0.05, 0) is 12.5 Å². The molecular formula is C11H16N4S. The molecule has 2 heterocycles. The maximum absolute atomic E-state index is 4.33. The van der Waals surface area contributed by atoms with Gasteiger partial charge in [-0.15, -0.1) is 11.3 Å². The Morgan fingerprint density at radius 3 is 2.94 bits per heavy atom. The van der Waals surface area contributed by atoms with Crippen LogP contribution in [0.15, 0.2) is 18.5 Å². The molecule has 16 heavy (non-hydrogen) atoms. The van der Waals surface area contributed by atoms with Gasteiger partial charge in [0.15, 0.2) is 0 Å². The van der Waals surface area contributed by atoms with Gasteiger partial charge in [-0.25, -0.2) is 4.98 Å². The summed E-state index contributed by atoms with van der Waals surface area (Å²) in [5.74, 6) is 0. The molecule has 0 aliphatic heterocycles. The Bertz CT molecular complexity index is 446. The Kier molecular flexibility index (Phi) is 3.69. The molecule has 5 heteroatoms. The molecule has 0 bridgehead atoms. The molecule has 0 amide bonds. The van der Waals surface area contributed by atoms with Crippen LogP contribution in [0.1, 0.15) is 22.5 Å². The summed E-state index contributed by atoms with van der Waals surface area (Å²) in [4.78, 5) is 5.62. The standard InChI is InChI=1S/C11H16N4S/c1-3-11-13-8-10(16-11)7-12-6-9-4-5-14-15(9)2/h4-5,8,12H,3,6-7H2,1-2H3. The molecule has 0 spiro atoms. The topological polar surface area (TPSA) is 42.7 Å². The minimum atomic E-state index is 0.843. The fourth-order valence-electron chi connectivity index (χ4n) is 1.48. The van der Waals surface area contributed by atoms with Crippen LogP contribution in [0.3, 0.4) is 0 Å². The van der Waals surface area contributed by atoms with Gasteiger partial charge in [-0.1, -0.05) is 6.92 Å². The molecule has 0 saturated heterocycles. The third-order valence-electron chi connectivity index (χ3n) is 2.43. The van der Waals surface area contributed by atoms with Gasteiger partial charge in [0.1, 0.15) is 0 Å². The molecule has 0 radical (unpaired) electrons. The quantitative estimate of drug-likeness (QED) is 0.859. The van der Waals surface area contributed by atoms with Crippen molar-refractivity contribution in [2.45, 2.75) is 26.4 Å². The van der Waals surface area contributed by atoms with Crippen LogP contribution in [0, 0.1) is 0 Å². The fourth-order valence-corrected chi connectivity index (χ4v) is 2.31. The number of aryl methyl sites for hydroxylation is 2. The largest absolute Gasteiger partial charge is 0.306 e. The highest BCUT2D eigenvalue weighted by molar-refractivity contribution is 7.11. The maximum atomic E-state index is 4.33. The average Bonchev–Trinajstić information content (AvgIpc) is 2.89. The van der Waals surface area contributed by atoms with Crippen molar-refractivity contribution in [1.82, 2.24) is 20.1 Å². The smallest absolute Gasteiger partial charge is 0.0925 e. The van der Waals surface area contributed by atoms with Crippen LogP contribution in [0.4, 0.5) is 0 Å². The Labute approximate surface area is 99.3 Å². The number of rotatable bonds is 5. The van der Waals surface area contributed by atoms with E-state index >= 15 is 0 Å². The van der Waals surface area contributed by atoms with Crippen molar-refractivity contribution in [2.24, 2.45) is 7.05 Å². The molecule has 0 aliphatic carbocycles. The first-order chi connectivity index (χ1) is 7.79. The number of nitrogens with one attached hydrogen (secondary N) is 1. The molecule has 0 saturated carbocycles. The van der Waals surface area contributed by atoms with E-state index in [1.165, 1.54) is 15.6 Å². The van der Waals surface area contributed by atoms with Crippen LogP contribution in [0.2, 0.25) is 0 Å². The lowest BCUT2D eigenvalue weighted by molar-refractivity contribution is 0.629. The zero-order chi connectivity index (χ0) is 11.4. The minimum Gasteiger partial charge on any atom is -0.306 e. The molecule has 0 aromatic carbocycles. The van der Waals surface area contributed by atoms with Crippen molar-refractivity contribution >= 4 is 11.3 Å². The molecule has 2 aromatic heterocycles. The van der Waals surface area contributed by atoms with E-state index in [0.29, 0.717) is 0 Å². The van der Waals surface area contributed by atoms with Crippen molar-refractivity contribution in [1.29, 1.82) is 0 Å². The first kappa shape index (κ1) is 11.3. The second-order valence-corrected chi connectivity index (χ2v) is 4.82. The number of hydrogen-bond acceptors (Lipinski definition) is 4. The monoisotopic (exact) mass is 236 g/mol. The normalized spacial score (nSPS) is 10.9. The highest BCUT2D eigenvalue weighted by Gasteiger charge is 2.01. The van der Waals surface area contributed by atoms with Gasteiger partial charge >= 0.3 is 0 Å². The van der Waals surface area contributed by atoms with E-state index in [1.54, 1.807) is 11.3 Å². The van der Waals surface area contributed by atoms with E-state index in [4.69, 9.17) is 0 Å². The zero-order valence-corrected chi connectivity index (χ0v) is 10.4. The summed E-state index contributed by atoms with van der Waals surface area (Å²) in [6.45, 7) is 3.85. The first-order valence-corrected chi connectivity index (χ1v) is 6.22. The lowest BCUT2D eigenvalue weighted by Gasteiger charge is -2.02. The summed E-state index contributed by atoms with van der Waals surface area (Å²) in [5.41, 5.74) is 1.19. The first-order valence-electron chi connectivity index (χ1n) is 5.40. The highest BCUT2D eigenvalue weighted by atomic mass is 32.1. The minimum absolute atomic E-state index is 0.843. The second-order valence-electron chi connectivity index (χ2n) is 3.62. The van der Waals surface area contributed by atoms with Crippen LogP contribution in [0.5, 0.6) is 0 Å². The van der Waals surface area contributed by atoms with E-state index in [1.807, 2.05) is 30.2 Å². The number of aromatic nitrogens is 3. The molecule has 1 N–H and O–H groups in total. The predicted molar refractivity (Wildman–Crippen MR) is 65.2 cm³/mol. The Balaban J connectivity index is 1.82. The Morgan fingerprint density at radius 2 is 2.31 bits per heavy atom. The molecule has 2 rings (SSSR count). The Morgan fingerprint density at radius 1 is 1.44 bits per heavy atom. The van der Waals surface area contributed by atoms with E-state index < -0.39 is 0 Å². The fraction of sp³-hybridized carbons (Fsp3) is 0.455. The lowest BCUT2D eigenvalue weighted by Crippen LogP contribution is -2.14. The summed E-state index contributed by atoms with van der Waals surface area (Å²) in [7, 11) is 1.96. The van der Waals surface area contributed by atoms with Crippen LogP contribution >= 0.6 is 11.3 Å². The van der Waals surface area contributed by atoms with Crippen LogP contribution in [0.25, 0.3) is 0 Å². The third kappa shape index (κ3) is 2.68. The summed E-state index contributed by atoms with van der Waals surface area (Å²) >= 11 is 1.78. The van der Waals surface area contributed by atoms with Crippen molar-refractivity contribution < 1.29 is 0 Å². The number of thiazole rings is 1. The Hall–Kier alpha value is -1.20. The molecule has 2 aromatic rings. The zero-order valence-electron chi connectivity index (χ0n) is 9.60. The van der Waals surface area contributed by atoms with E-state index in [-0.39, 0.29) is 0 Å². The molecule has 0 fully saturated rings. The predicted octanol–water partition coefficient (Wildman–Crippen LogP) is 1.73. The van der Waals surface area contributed by atoms with Gasteiger partial charge in [0, 0.05) is 37.4 Å². The number of hydrogen-bond donors (Lipinski definition) is 1. The maximum Gasteiger partial charge on any atom is 0.0925 e. The van der Waals surface area contributed by atoms with Gasteiger partial charge in [-0.2, -0.15) is 5.10 Å². The van der Waals surface area contributed by atoms with Crippen molar-refractivity contribution in [3.63, 3.8) is 0 Å². The van der Waals surface area contributed by atoms with Crippen LogP contribution in [-0.2, 0) is 26.6 Å². The van der Waals surface area contributed by atoms with E-state index in [9.17, 15) is 0 Å². The van der Waals surface area contributed by atoms with Crippen molar-refractivity contribution in [3.8, 4) is 0 Å². The molecule has 0 atom stereocenters. The number of nitrogens with zero attached hydrogens (tertiary/aromatic N) is 3. The summed E-state index contributed by atoms with van der Waals surface area (Å²) in [6, 6.07) is 2.02. The van der Waals surface area contributed by atoms with E-state index in [0.717, 1.165) is 19.5 Å². The molecule has 0 aliphatic rings. The molecule has 86 valence electrons. The molecule has 4 nitrogen and oxygen atoms in total. The van der Waals surface area contributed by atoms with Crippen LogP contribution < -0.4 is 5.32 Å². The average molecular weight is 236 g/mol. The van der Waals surface area contributed by atoms with Gasteiger partial charge < -0.3 is 5.32 Å². The molecular weight excluding hydrogens is 220 g/mol. The van der Waals surface area contributed by atoms with Crippen molar-refractivity contribution in [3.05, 3.63) is 34.0 Å². The van der Waals surface area contributed by atoms with Gasteiger partial charge in [0.25, 0.3) is 0 Å². The van der Waals surface area contributed by atoms with Gasteiger partial charge in [-0.3, -0.25) is 4.68 Å². The SMILES string of the molecule is CCc1ncc(CNCc2ccnn2C)s1. The summed E-state index contributed by atoms with van der Waals surface area (Å²) in [6.07, 6.45) is 4.80. The summed E-state index contributed by atoms with van der Waals surface area (Å²) < 4.78 is 1.89. The van der Waals surface area contributed by atoms with E-state index in [2.05, 4.69) is 22.3 Å².